The van der Waals surface area contributed by atoms with Crippen molar-refractivity contribution in [1.82, 2.24) is 0 Å². The molecular formula is C19H15BrO. The predicted octanol–water partition coefficient (Wildman–Crippen LogP) is 5.76. The standard InChI is InChI=1S/C19H15BrO/c1-2-16(13-6-4-3-5-7-13)19-17-12-15(20)10-8-14(17)9-11-18(19)21/h2-12,21H,1H3/b16-2-. The van der Waals surface area contributed by atoms with Crippen LogP contribution in [0.3, 0.4) is 0 Å². The van der Waals surface area contributed by atoms with Crippen LogP contribution in [0.1, 0.15) is 18.1 Å². The average Bonchev–Trinajstić information content (AvgIpc) is 2.51. The molecule has 1 N–H and O–H groups in total. The van der Waals surface area contributed by atoms with Gasteiger partial charge in [-0.15, -0.1) is 0 Å². The molecule has 0 aromatic heterocycles. The minimum absolute atomic E-state index is 0.303. The quantitative estimate of drug-likeness (QED) is 0.629. The molecule has 0 fully saturated rings. The highest BCUT2D eigenvalue weighted by Crippen LogP contribution is 2.37. The third kappa shape index (κ3) is 2.59. The van der Waals surface area contributed by atoms with Gasteiger partial charge in [-0.25, -0.2) is 0 Å². The maximum Gasteiger partial charge on any atom is 0.124 e. The van der Waals surface area contributed by atoms with E-state index in [0.717, 1.165) is 31.9 Å². The Kier molecular flexibility index (Phi) is 3.80. The highest BCUT2D eigenvalue weighted by molar-refractivity contribution is 9.10. The highest BCUT2D eigenvalue weighted by Gasteiger charge is 2.13. The van der Waals surface area contributed by atoms with Crippen LogP contribution in [0, 0.1) is 0 Å². The Labute approximate surface area is 132 Å². The summed E-state index contributed by atoms with van der Waals surface area (Å²) in [5, 5.41) is 12.6. The number of aromatic hydroxyl groups is 1. The molecule has 2 heteroatoms. The van der Waals surface area contributed by atoms with Crippen molar-refractivity contribution in [2.24, 2.45) is 0 Å². The van der Waals surface area contributed by atoms with E-state index in [1.54, 1.807) is 6.07 Å². The zero-order valence-electron chi connectivity index (χ0n) is 11.7. The smallest absolute Gasteiger partial charge is 0.124 e. The Morgan fingerprint density at radius 2 is 1.71 bits per heavy atom. The van der Waals surface area contributed by atoms with Gasteiger partial charge in [0.25, 0.3) is 0 Å². The molecule has 0 bridgehead atoms. The van der Waals surface area contributed by atoms with Gasteiger partial charge in [0.1, 0.15) is 5.75 Å². The Balaban J connectivity index is 2.33. The molecule has 0 amide bonds. The van der Waals surface area contributed by atoms with Crippen molar-refractivity contribution in [1.29, 1.82) is 0 Å². The van der Waals surface area contributed by atoms with E-state index >= 15 is 0 Å². The summed E-state index contributed by atoms with van der Waals surface area (Å²) in [5.41, 5.74) is 3.02. The first kappa shape index (κ1) is 13.9. The van der Waals surface area contributed by atoms with Crippen LogP contribution in [0.15, 0.2) is 71.2 Å². The number of allylic oxidation sites excluding steroid dienone is 1. The van der Waals surface area contributed by atoms with Crippen LogP contribution in [0.5, 0.6) is 5.75 Å². The van der Waals surface area contributed by atoms with Gasteiger partial charge in [-0.05, 0) is 47.0 Å². The fourth-order valence-corrected chi connectivity index (χ4v) is 3.00. The number of rotatable bonds is 2. The van der Waals surface area contributed by atoms with Crippen LogP contribution < -0.4 is 0 Å². The first-order chi connectivity index (χ1) is 10.2. The van der Waals surface area contributed by atoms with E-state index in [4.69, 9.17) is 0 Å². The molecule has 0 aliphatic heterocycles. The van der Waals surface area contributed by atoms with Crippen LogP contribution in [-0.2, 0) is 0 Å². The van der Waals surface area contributed by atoms with Gasteiger partial charge in [0.15, 0.2) is 0 Å². The highest BCUT2D eigenvalue weighted by atomic mass is 79.9. The molecule has 1 nitrogen and oxygen atoms in total. The number of halogens is 1. The van der Waals surface area contributed by atoms with Crippen molar-refractivity contribution in [2.75, 3.05) is 0 Å². The number of fused-ring (bicyclic) bond motifs is 1. The molecule has 0 spiro atoms. The molecule has 0 heterocycles. The van der Waals surface area contributed by atoms with Crippen molar-refractivity contribution in [3.63, 3.8) is 0 Å². The molecule has 0 atom stereocenters. The number of hydrogen-bond donors (Lipinski definition) is 1. The predicted molar refractivity (Wildman–Crippen MR) is 92.5 cm³/mol. The van der Waals surface area contributed by atoms with Gasteiger partial charge in [0, 0.05) is 10.0 Å². The fraction of sp³-hybridized carbons (Fsp3) is 0.0526. The second-order valence-corrected chi connectivity index (χ2v) is 5.81. The molecule has 0 radical (unpaired) electrons. The van der Waals surface area contributed by atoms with E-state index in [1.165, 1.54) is 0 Å². The van der Waals surface area contributed by atoms with Crippen molar-refractivity contribution in [3.8, 4) is 5.75 Å². The van der Waals surface area contributed by atoms with E-state index in [-0.39, 0.29) is 0 Å². The SMILES string of the molecule is C/C=C(/c1ccccc1)c1c(O)ccc2ccc(Br)cc12. The summed E-state index contributed by atoms with van der Waals surface area (Å²) in [7, 11) is 0. The van der Waals surface area contributed by atoms with Gasteiger partial charge in [-0.1, -0.05) is 64.5 Å². The minimum Gasteiger partial charge on any atom is -0.507 e. The third-order valence-corrected chi connectivity index (χ3v) is 4.10. The lowest BCUT2D eigenvalue weighted by atomic mass is 9.92. The molecule has 3 aromatic carbocycles. The fourth-order valence-electron chi connectivity index (χ4n) is 2.64. The maximum atomic E-state index is 10.4. The molecule has 0 aliphatic carbocycles. The van der Waals surface area contributed by atoms with Crippen molar-refractivity contribution in [2.45, 2.75) is 6.92 Å². The van der Waals surface area contributed by atoms with Crippen LogP contribution in [-0.4, -0.2) is 5.11 Å². The normalized spacial score (nSPS) is 11.8. The molecule has 0 saturated heterocycles. The number of benzene rings is 3. The zero-order valence-corrected chi connectivity index (χ0v) is 13.3. The molecule has 0 aliphatic rings. The van der Waals surface area contributed by atoms with Gasteiger partial charge in [-0.2, -0.15) is 0 Å². The van der Waals surface area contributed by atoms with Gasteiger partial charge in [0.05, 0.1) is 0 Å². The summed E-state index contributed by atoms with van der Waals surface area (Å²) in [6.45, 7) is 2.00. The summed E-state index contributed by atoms with van der Waals surface area (Å²) in [5.74, 6) is 0.303. The Hall–Kier alpha value is -2.06. The van der Waals surface area contributed by atoms with E-state index in [9.17, 15) is 5.11 Å². The second kappa shape index (κ2) is 5.74. The third-order valence-electron chi connectivity index (χ3n) is 3.60. The number of phenols is 1. The summed E-state index contributed by atoms with van der Waals surface area (Å²) >= 11 is 3.52. The molecule has 3 aromatic rings. The molecule has 0 saturated carbocycles. The summed E-state index contributed by atoms with van der Waals surface area (Å²) in [4.78, 5) is 0. The number of hydrogen-bond acceptors (Lipinski definition) is 1. The first-order valence-electron chi connectivity index (χ1n) is 6.84. The summed E-state index contributed by atoms with van der Waals surface area (Å²) in [6.07, 6.45) is 2.05. The summed E-state index contributed by atoms with van der Waals surface area (Å²) < 4.78 is 1.00. The van der Waals surface area contributed by atoms with Crippen molar-refractivity contribution >= 4 is 32.3 Å². The summed E-state index contributed by atoms with van der Waals surface area (Å²) in [6, 6.07) is 20.0. The van der Waals surface area contributed by atoms with Gasteiger partial charge >= 0.3 is 0 Å². The zero-order chi connectivity index (χ0) is 14.8. The molecule has 21 heavy (non-hydrogen) atoms. The van der Waals surface area contributed by atoms with Crippen molar-refractivity contribution < 1.29 is 5.11 Å². The first-order valence-corrected chi connectivity index (χ1v) is 7.63. The minimum atomic E-state index is 0.303. The lowest BCUT2D eigenvalue weighted by Crippen LogP contribution is -1.91. The van der Waals surface area contributed by atoms with E-state index < -0.39 is 0 Å². The monoisotopic (exact) mass is 338 g/mol. The molecule has 104 valence electrons. The molecular weight excluding hydrogens is 324 g/mol. The van der Waals surface area contributed by atoms with Gasteiger partial charge < -0.3 is 5.11 Å². The maximum absolute atomic E-state index is 10.4. The van der Waals surface area contributed by atoms with Crippen LogP contribution in [0.25, 0.3) is 16.3 Å². The Morgan fingerprint density at radius 3 is 2.43 bits per heavy atom. The van der Waals surface area contributed by atoms with Crippen LogP contribution in [0.4, 0.5) is 0 Å². The van der Waals surface area contributed by atoms with Crippen LogP contribution >= 0.6 is 15.9 Å². The lowest BCUT2D eigenvalue weighted by Gasteiger charge is -2.13. The second-order valence-electron chi connectivity index (χ2n) is 4.89. The van der Waals surface area contributed by atoms with Crippen molar-refractivity contribution in [3.05, 3.63) is 82.3 Å². The molecule has 3 rings (SSSR count). The topological polar surface area (TPSA) is 20.2 Å². The van der Waals surface area contributed by atoms with Gasteiger partial charge in [-0.3, -0.25) is 0 Å². The molecule has 0 unspecified atom stereocenters. The van der Waals surface area contributed by atoms with E-state index in [2.05, 4.69) is 40.2 Å². The average molecular weight is 339 g/mol. The Morgan fingerprint density at radius 1 is 1.00 bits per heavy atom. The lowest BCUT2D eigenvalue weighted by molar-refractivity contribution is 0.474. The largest absolute Gasteiger partial charge is 0.507 e. The number of phenolic OH excluding ortho intramolecular Hbond substituents is 1. The van der Waals surface area contributed by atoms with E-state index in [1.807, 2.05) is 43.3 Å². The Bertz CT molecular complexity index is 814. The van der Waals surface area contributed by atoms with Crippen LogP contribution in [0.2, 0.25) is 0 Å². The van der Waals surface area contributed by atoms with Gasteiger partial charge in [0.2, 0.25) is 0 Å². The van der Waals surface area contributed by atoms with E-state index in [0.29, 0.717) is 5.75 Å².